The lowest BCUT2D eigenvalue weighted by atomic mass is 9.97. The predicted molar refractivity (Wildman–Crippen MR) is 146 cm³/mol. The van der Waals surface area contributed by atoms with Crippen molar-refractivity contribution in [3.05, 3.63) is 35.9 Å². The van der Waals surface area contributed by atoms with Crippen molar-refractivity contribution in [2.45, 2.75) is 149 Å². The Kier molecular flexibility index (Phi) is 20.1. The molecular weight excluding hydrogens is 386 g/mol. The molecule has 0 spiro atoms. The van der Waals surface area contributed by atoms with Crippen molar-refractivity contribution in [3.63, 3.8) is 0 Å². The fraction of sp³-hybridized carbons (Fsp3) is 0.806. The van der Waals surface area contributed by atoms with Crippen LogP contribution in [0.15, 0.2) is 30.3 Å². The molecule has 0 radical (unpaired) electrons. The van der Waals surface area contributed by atoms with E-state index in [0.717, 1.165) is 13.1 Å². The number of rotatable bonds is 23. The van der Waals surface area contributed by atoms with Crippen LogP contribution in [0, 0.1) is 0 Å². The van der Waals surface area contributed by atoms with E-state index in [-0.39, 0.29) is 0 Å². The molecule has 0 saturated heterocycles. The highest BCUT2D eigenvalue weighted by Gasteiger charge is 2.16. The van der Waals surface area contributed by atoms with Gasteiger partial charge in [0, 0.05) is 6.04 Å². The first-order valence-corrected chi connectivity index (χ1v) is 14.6. The first-order chi connectivity index (χ1) is 15.8. The summed E-state index contributed by atoms with van der Waals surface area (Å²) in [4.78, 5) is 2.63. The molecule has 0 fully saturated rings. The van der Waals surface area contributed by atoms with Crippen LogP contribution in [0.1, 0.15) is 154 Å². The van der Waals surface area contributed by atoms with Gasteiger partial charge in [-0.2, -0.15) is 0 Å². The van der Waals surface area contributed by atoms with Crippen molar-refractivity contribution in [2.75, 3.05) is 13.1 Å². The minimum atomic E-state index is 0.604. The van der Waals surface area contributed by atoms with Crippen LogP contribution in [0.3, 0.4) is 0 Å². The largest absolute Gasteiger partial charge is 0.297 e. The molecule has 0 saturated carbocycles. The summed E-state index contributed by atoms with van der Waals surface area (Å²) in [6, 6.07) is 11.8. The standard InChI is InChI=1S/C31H57N/c1-4-7-8-9-10-11-12-13-14-15-16-17-18-19-20-21-22-26-29-31(32(5-2)6-3)30-27-24-23-25-28-30/h23-25,27-28,31H,4-22,26,29H2,1-3H3. The molecule has 186 valence electrons. The third-order valence-electron chi connectivity index (χ3n) is 7.27. The molecule has 1 nitrogen and oxygen atoms in total. The fourth-order valence-electron chi connectivity index (χ4n) is 5.14. The van der Waals surface area contributed by atoms with Crippen molar-refractivity contribution in [1.82, 2.24) is 4.90 Å². The molecule has 1 heteroatoms. The molecular formula is C31H57N. The highest BCUT2D eigenvalue weighted by Crippen LogP contribution is 2.26. The van der Waals surface area contributed by atoms with Crippen molar-refractivity contribution in [1.29, 1.82) is 0 Å². The van der Waals surface area contributed by atoms with Gasteiger partial charge < -0.3 is 0 Å². The maximum absolute atomic E-state index is 2.63. The summed E-state index contributed by atoms with van der Waals surface area (Å²) in [6.45, 7) is 9.20. The predicted octanol–water partition coefficient (Wildman–Crippen LogP) is 10.5. The number of hydrogen-bond donors (Lipinski definition) is 0. The molecule has 0 amide bonds. The number of unbranched alkanes of at least 4 members (excludes halogenated alkanes) is 17. The summed E-state index contributed by atoms with van der Waals surface area (Å²) >= 11 is 0. The van der Waals surface area contributed by atoms with Gasteiger partial charge in [-0.25, -0.2) is 0 Å². The van der Waals surface area contributed by atoms with Crippen LogP contribution in [-0.2, 0) is 0 Å². The Balaban J connectivity index is 1.93. The van der Waals surface area contributed by atoms with Crippen LogP contribution in [0.5, 0.6) is 0 Å². The number of benzene rings is 1. The molecule has 0 N–H and O–H groups in total. The fourth-order valence-corrected chi connectivity index (χ4v) is 5.14. The molecule has 0 aliphatic heterocycles. The second-order valence-corrected chi connectivity index (χ2v) is 9.95. The highest BCUT2D eigenvalue weighted by atomic mass is 15.1. The van der Waals surface area contributed by atoms with E-state index in [0.29, 0.717) is 6.04 Å². The molecule has 1 aromatic rings. The van der Waals surface area contributed by atoms with Crippen molar-refractivity contribution < 1.29 is 0 Å². The Labute approximate surface area is 202 Å². The maximum atomic E-state index is 2.63. The third-order valence-corrected chi connectivity index (χ3v) is 7.27. The Bertz CT molecular complexity index is 478. The molecule has 1 rings (SSSR count). The number of nitrogens with zero attached hydrogens (tertiary/aromatic N) is 1. The zero-order valence-corrected chi connectivity index (χ0v) is 22.3. The first kappa shape index (κ1) is 29.2. The smallest absolute Gasteiger partial charge is 0.0347 e. The van der Waals surface area contributed by atoms with E-state index in [4.69, 9.17) is 0 Å². The minimum Gasteiger partial charge on any atom is -0.297 e. The second kappa shape index (κ2) is 22.0. The SMILES string of the molecule is CCCCCCCCCCCCCCCCCCCCC(c1ccccc1)N(CC)CC. The van der Waals surface area contributed by atoms with Crippen molar-refractivity contribution >= 4 is 0 Å². The molecule has 1 atom stereocenters. The van der Waals surface area contributed by atoms with Gasteiger partial charge in [0.15, 0.2) is 0 Å². The lowest BCUT2D eigenvalue weighted by Crippen LogP contribution is -2.28. The highest BCUT2D eigenvalue weighted by molar-refractivity contribution is 5.19. The molecule has 1 aromatic carbocycles. The van der Waals surface area contributed by atoms with Crippen molar-refractivity contribution in [2.24, 2.45) is 0 Å². The van der Waals surface area contributed by atoms with Crippen LogP contribution in [0.25, 0.3) is 0 Å². The molecule has 0 heterocycles. The summed E-state index contributed by atoms with van der Waals surface area (Å²) in [6.07, 6.45) is 27.4. The van der Waals surface area contributed by atoms with E-state index in [1.165, 1.54) is 128 Å². The van der Waals surface area contributed by atoms with Gasteiger partial charge >= 0.3 is 0 Å². The van der Waals surface area contributed by atoms with E-state index < -0.39 is 0 Å². The average molecular weight is 444 g/mol. The van der Waals surface area contributed by atoms with E-state index >= 15 is 0 Å². The molecule has 32 heavy (non-hydrogen) atoms. The Morgan fingerprint density at radius 2 is 0.875 bits per heavy atom. The first-order valence-electron chi connectivity index (χ1n) is 14.6. The zero-order valence-electron chi connectivity index (χ0n) is 22.3. The van der Waals surface area contributed by atoms with Gasteiger partial charge in [0.2, 0.25) is 0 Å². The lowest BCUT2D eigenvalue weighted by Gasteiger charge is -2.30. The van der Waals surface area contributed by atoms with Gasteiger partial charge in [0.05, 0.1) is 0 Å². The van der Waals surface area contributed by atoms with Crippen molar-refractivity contribution in [3.8, 4) is 0 Å². The van der Waals surface area contributed by atoms with E-state index in [9.17, 15) is 0 Å². The Hall–Kier alpha value is -0.820. The van der Waals surface area contributed by atoms with Gasteiger partial charge in [0.25, 0.3) is 0 Å². The minimum absolute atomic E-state index is 0.604. The molecule has 0 aliphatic rings. The molecule has 1 unspecified atom stereocenters. The summed E-state index contributed by atoms with van der Waals surface area (Å²) in [7, 11) is 0. The average Bonchev–Trinajstić information content (AvgIpc) is 2.83. The third kappa shape index (κ3) is 15.1. The molecule has 0 bridgehead atoms. The second-order valence-electron chi connectivity index (χ2n) is 9.95. The van der Waals surface area contributed by atoms with Crippen LogP contribution in [0.4, 0.5) is 0 Å². The summed E-state index contributed by atoms with van der Waals surface area (Å²) in [5.74, 6) is 0. The quantitative estimate of drug-likeness (QED) is 0.152. The monoisotopic (exact) mass is 443 g/mol. The maximum Gasteiger partial charge on any atom is 0.0347 e. The van der Waals surface area contributed by atoms with Crippen LogP contribution in [-0.4, -0.2) is 18.0 Å². The van der Waals surface area contributed by atoms with Crippen LogP contribution >= 0.6 is 0 Å². The zero-order chi connectivity index (χ0) is 23.1. The van der Waals surface area contributed by atoms with Gasteiger partial charge in [-0.3, -0.25) is 4.90 Å². The van der Waals surface area contributed by atoms with Gasteiger partial charge in [-0.15, -0.1) is 0 Å². The summed E-state index contributed by atoms with van der Waals surface area (Å²) in [5, 5.41) is 0. The Morgan fingerprint density at radius 3 is 1.25 bits per heavy atom. The Morgan fingerprint density at radius 1 is 0.500 bits per heavy atom. The van der Waals surface area contributed by atoms with E-state index in [1.807, 2.05) is 0 Å². The van der Waals surface area contributed by atoms with Gasteiger partial charge in [0.1, 0.15) is 0 Å². The van der Waals surface area contributed by atoms with Crippen LogP contribution < -0.4 is 0 Å². The summed E-state index contributed by atoms with van der Waals surface area (Å²) in [5.41, 5.74) is 1.50. The topological polar surface area (TPSA) is 3.24 Å². The van der Waals surface area contributed by atoms with Gasteiger partial charge in [-0.05, 0) is 25.1 Å². The molecule has 0 aliphatic carbocycles. The van der Waals surface area contributed by atoms with E-state index in [2.05, 4.69) is 56.0 Å². The van der Waals surface area contributed by atoms with Gasteiger partial charge in [-0.1, -0.05) is 167 Å². The molecule has 0 aromatic heterocycles. The number of hydrogen-bond acceptors (Lipinski definition) is 1. The lowest BCUT2D eigenvalue weighted by molar-refractivity contribution is 0.204. The normalized spacial score (nSPS) is 12.5. The summed E-state index contributed by atoms with van der Waals surface area (Å²) < 4.78 is 0. The van der Waals surface area contributed by atoms with Crippen LogP contribution in [0.2, 0.25) is 0 Å². The van der Waals surface area contributed by atoms with E-state index in [1.54, 1.807) is 0 Å².